The van der Waals surface area contributed by atoms with Gasteiger partial charge in [0.05, 0.1) is 6.04 Å². The predicted octanol–water partition coefficient (Wildman–Crippen LogP) is 2.61. The SMILES string of the molecule is Cc1ccc(C(C)Nc2ncns2)o1. The van der Waals surface area contributed by atoms with Gasteiger partial charge in [0.1, 0.15) is 17.8 Å². The second kappa shape index (κ2) is 3.79. The monoisotopic (exact) mass is 209 g/mol. The van der Waals surface area contributed by atoms with E-state index >= 15 is 0 Å². The molecule has 2 heterocycles. The first-order valence-electron chi connectivity index (χ1n) is 4.35. The second-order valence-electron chi connectivity index (χ2n) is 3.06. The van der Waals surface area contributed by atoms with Gasteiger partial charge in [-0.15, -0.1) is 0 Å². The standard InChI is InChI=1S/C9H11N3OS/c1-6-3-4-8(13-6)7(2)12-9-10-5-11-14-9/h3-5,7H,1-2H3,(H,10,11,12). The molecule has 2 aromatic rings. The molecule has 0 spiro atoms. The summed E-state index contributed by atoms with van der Waals surface area (Å²) in [5, 5.41) is 4.01. The molecular weight excluding hydrogens is 198 g/mol. The number of aryl methyl sites for hydroxylation is 1. The number of hydrogen-bond donors (Lipinski definition) is 1. The average molecular weight is 209 g/mol. The molecule has 0 aliphatic rings. The molecule has 4 nitrogen and oxygen atoms in total. The Morgan fingerprint density at radius 3 is 2.93 bits per heavy atom. The first-order chi connectivity index (χ1) is 6.75. The van der Waals surface area contributed by atoms with Gasteiger partial charge in [-0.2, -0.15) is 4.37 Å². The van der Waals surface area contributed by atoms with Crippen LogP contribution >= 0.6 is 11.5 Å². The fourth-order valence-corrected chi connectivity index (χ4v) is 1.70. The highest BCUT2D eigenvalue weighted by atomic mass is 32.1. The van der Waals surface area contributed by atoms with E-state index < -0.39 is 0 Å². The maximum atomic E-state index is 5.49. The van der Waals surface area contributed by atoms with E-state index in [0.29, 0.717) is 0 Å². The summed E-state index contributed by atoms with van der Waals surface area (Å²) in [5.74, 6) is 1.84. The Hall–Kier alpha value is -1.36. The molecule has 1 atom stereocenters. The van der Waals surface area contributed by atoms with Crippen molar-refractivity contribution >= 4 is 16.7 Å². The third-order valence-electron chi connectivity index (χ3n) is 1.89. The highest BCUT2D eigenvalue weighted by Gasteiger charge is 2.10. The molecule has 0 aliphatic heterocycles. The lowest BCUT2D eigenvalue weighted by molar-refractivity contribution is 0.467. The third kappa shape index (κ3) is 1.93. The van der Waals surface area contributed by atoms with Gasteiger partial charge in [0, 0.05) is 11.5 Å². The molecule has 0 amide bonds. The zero-order valence-electron chi connectivity index (χ0n) is 8.02. The van der Waals surface area contributed by atoms with Crippen LogP contribution in [0.5, 0.6) is 0 Å². The lowest BCUT2D eigenvalue weighted by Crippen LogP contribution is -2.04. The summed E-state index contributed by atoms with van der Waals surface area (Å²) in [6.45, 7) is 3.96. The summed E-state index contributed by atoms with van der Waals surface area (Å²) in [6, 6.07) is 4.04. The van der Waals surface area contributed by atoms with E-state index in [1.54, 1.807) is 0 Å². The van der Waals surface area contributed by atoms with Crippen LogP contribution in [0.15, 0.2) is 22.9 Å². The quantitative estimate of drug-likeness (QED) is 0.844. The van der Waals surface area contributed by atoms with Gasteiger partial charge in [-0.1, -0.05) is 0 Å². The van der Waals surface area contributed by atoms with E-state index in [4.69, 9.17) is 4.42 Å². The molecule has 1 N–H and O–H groups in total. The van der Waals surface area contributed by atoms with Crippen molar-refractivity contribution in [3.63, 3.8) is 0 Å². The Morgan fingerprint density at radius 1 is 1.50 bits per heavy atom. The van der Waals surface area contributed by atoms with E-state index in [0.717, 1.165) is 16.7 Å². The van der Waals surface area contributed by atoms with Crippen LogP contribution in [-0.2, 0) is 0 Å². The van der Waals surface area contributed by atoms with Gasteiger partial charge in [0.2, 0.25) is 5.13 Å². The van der Waals surface area contributed by atoms with E-state index in [9.17, 15) is 0 Å². The maximum Gasteiger partial charge on any atom is 0.202 e. The molecule has 0 fully saturated rings. The van der Waals surface area contributed by atoms with Crippen LogP contribution in [-0.4, -0.2) is 9.36 Å². The van der Waals surface area contributed by atoms with Gasteiger partial charge < -0.3 is 9.73 Å². The average Bonchev–Trinajstić information content (AvgIpc) is 2.75. The van der Waals surface area contributed by atoms with Crippen LogP contribution in [0.1, 0.15) is 24.5 Å². The summed E-state index contributed by atoms with van der Waals surface area (Å²) in [7, 11) is 0. The predicted molar refractivity (Wildman–Crippen MR) is 55.4 cm³/mol. The summed E-state index contributed by atoms with van der Waals surface area (Å²) in [6.07, 6.45) is 1.53. The molecule has 1 unspecified atom stereocenters. The van der Waals surface area contributed by atoms with E-state index in [1.807, 2.05) is 26.0 Å². The van der Waals surface area contributed by atoms with E-state index in [2.05, 4.69) is 14.7 Å². The van der Waals surface area contributed by atoms with Gasteiger partial charge in [0.15, 0.2) is 0 Å². The minimum atomic E-state index is 0.122. The molecule has 74 valence electrons. The molecule has 0 aromatic carbocycles. The number of nitrogens with one attached hydrogen (secondary N) is 1. The van der Waals surface area contributed by atoms with Gasteiger partial charge in [-0.05, 0) is 26.0 Å². The molecular formula is C9H11N3OS. The zero-order chi connectivity index (χ0) is 9.97. The molecule has 0 saturated carbocycles. The first-order valence-corrected chi connectivity index (χ1v) is 5.12. The molecule has 2 rings (SSSR count). The van der Waals surface area contributed by atoms with Crippen molar-refractivity contribution in [1.29, 1.82) is 0 Å². The Balaban J connectivity index is 2.06. The van der Waals surface area contributed by atoms with Crippen molar-refractivity contribution < 1.29 is 4.42 Å². The lowest BCUT2D eigenvalue weighted by Gasteiger charge is -2.08. The zero-order valence-corrected chi connectivity index (χ0v) is 8.84. The molecule has 14 heavy (non-hydrogen) atoms. The van der Waals surface area contributed by atoms with Crippen molar-refractivity contribution in [2.45, 2.75) is 19.9 Å². The normalized spacial score (nSPS) is 12.7. The molecule has 2 aromatic heterocycles. The van der Waals surface area contributed by atoms with Crippen LogP contribution in [0.2, 0.25) is 0 Å². The van der Waals surface area contributed by atoms with Gasteiger partial charge in [-0.25, -0.2) is 4.98 Å². The van der Waals surface area contributed by atoms with Crippen molar-refractivity contribution in [1.82, 2.24) is 9.36 Å². The lowest BCUT2D eigenvalue weighted by atomic mass is 10.2. The molecule has 0 aliphatic carbocycles. The smallest absolute Gasteiger partial charge is 0.202 e. The molecule has 0 bridgehead atoms. The Bertz CT molecular complexity index is 396. The van der Waals surface area contributed by atoms with Crippen molar-refractivity contribution in [3.8, 4) is 0 Å². The minimum Gasteiger partial charge on any atom is -0.464 e. The van der Waals surface area contributed by atoms with Crippen molar-refractivity contribution in [2.75, 3.05) is 5.32 Å². The Morgan fingerprint density at radius 2 is 2.36 bits per heavy atom. The van der Waals surface area contributed by atoms with Crippen LogP contribution in [0.3, 0.4) is 0 Å². The molecule has 0 saturated heterocycles. The second-order valence-corrected chi connectivity index (χ2v) is 3.84. The summed E-state index contributed by atoms with van der Waals surface area (Å²) >= 11 is 1.34. The largest absolute Gasteiger partial charge is 0.464 e. The highest BCUT2D eigenvalue weighted by molar-refractivity contribution is 7.09. The maximum absolute atomic E-state index is 5.49. The summed E-state index contributed by atoms with van der Waals surface area (Å²) < 4.78 is 9.40. The first kappa shape index (κ1) is 9.21. The molecule has 0 radical (unpaired) electrons. The van der Waals surface area contributed by atoms with Crippen LogP contribution in [0.4, 0.5) is 5.13 Å². The van der Waals surface area contributed by atoms with E-state index in [-0.39, 0.29) is 6.04 Å². The van der Waals surface area contributed by atoms with Gasteiger partial charge in [0.25, 0.3) is 0 Å². The van der Waals surface area contributed by atoms with E-state index in [1.165, 1.54) is 17.9 Å². The number of hydrogen-bond acceptors (Lipinski definition) is 5. The van der Waals surface area contributed by atoms with Crippen molar-refractivity contribution in [2.24, 2.45) is 0 Å². The Kier molecular flexibility index (Phi) is 2.49. The Labute approximate surface area is 86.1 Å². The number of furan rings is 1. The highest BCUT2D eigenvalue weighted by Crippen LogP contribution is 2.20. The third-order valence-corrected chi connectivity index (χ3v) is 2.49. The number of nitrogens with zero attached hydrogens (tertiary/aromatic N) is 2. The van der Waals surface area contributed by atoms with Crippen LogP contribution in [0, 0.1) is 6.92 Å². The van der Waals surface area contributed by atoms with Crippen LogP contribution in [0.25, 0.3) is 0 Å². The fraction of sp³-hybridized carbons (Fsp3) is 0.333. The summed E-state index contributed by atoms with van der Waals surface area (Å²) in [4.78, 5) is 4.04. The van der Waals surface area contributed by atoms with Gasteiger partial charge >= 0.3 is 0 Å². The molecule has 5 heteroatoms. The minimum absolute atomic E-state index is 0.122. The van der Waals surface area contributed by atoms with Crippen LogP contribution < -0.4 is 5.32 Å². The topological polar surface area (TPSA) is 51.0 Å². The van der Waals surface area contributed by atoms with Crippen molar-refractivity contribution in [3.05, 3.63) is 30.0 Å². The van der Waals surface area contributed by atoms with Gasteiger partial charge in [-0.3, -0.25) is 0 Å². The number of anilines is 1. The fourth-order valence-electron chi connectivity index (χ4n) is 1.18. The number of rotatable bonds is 3. The number of aromatic nitrogens is 2. The summed E-state index contributed by atoms with van der Waals surface area (Å²) in [5.41, 5.74) is 0.